The lowest BCUT2D eigenvalue weighted by Gasteiger charge is -2.38. The Morgan fingerprint density at radius 2 is 1.75 bits per heavy atom. The zero-order chi connectivity index (χ0) is 13.1. The number of esters is 1. The molecule has 0 bridgehead atoms. The largest absolute Gasteiger partial charge is 0.466 e. The molecule has 0 heterocycles. The predicted octanol–water partition coefficient (Wildman–Crippen LogP) is 3.13. The first-order valence-corrected chi connectivity index (χ1v) is 8.38. The van der Waals surface area contributed by atoms with Crippen LogP contribution in [-0.4, -0.2) is 27.5 Å². The molecule has 0 spiro atoms. The highest BCUT2D eigenvalue weighted by Crippen LogP contribution is 2.37. The van der Waals surface area contributed by atoms with Crippen molar-refractivity contribution in [2.24, 2.45) is 0 Å². The lowest BCUT2D eigenvalue weighted by molar-refractivity contribution is -0.137. The molecule has 0 radical (unpaired) electrons. The van der Waals surface area contributed by atoms with E-state index >= 15 is 0 Å². The summed E-state index contributed by atoms with van der Waals surface area (Å²) >= 11 is 0. The van der Waals surface area contributed by atoms with E-state index in [1.165, 1.54) is 7.11 Å². The number of hydrogen-bond acceptors (Lipinski definition) is 3. The van der Waals surface area contributed by atoms with Gasteiger partial charge in [0.25, 0.3) is 0 Å². The Bertz CT molecular complexity index is 276. The van der Waals surface area contributed by atoms with E-state index < -0.39 is 14.3 Å². The lowest BCUT2D eigenvalue weighted by atomic mass is 10.2. The van der Waals surface area contributed by atoms with Gasteiger partial charge < -0.3 is 9.16 Å². The summed E-state index contributed by atoms with van der Waals surface area (Å²) in [5.41, 5.74) is 0.382. The van der Waals surface area contributed by atoms with Gasteiger partial charge >= 0.3 is 5.97 Å². The van der Waals surface area contributed by atoms with Crippen molar-refractivity contribution in [3.63, 3.8) is 0 Å². The number of methoxy groups -OCH3 is 1. The molecule has 0 aromatic rings. The smallest absolute Gasteiger partial charge is 0.335 e. The van der Waals surface area contributed by atoms with Crippen molar-refractivity contribution in [3.05, 3.63) is 12.2 Å². The van der Waals surface area contributed by atoms with Crippen LogP contribution >= 0.6 is 0 Å². The average molecular weight is 244 g/mol. The molecule has 0 saturated heterocycles. The summed E-state index contributed by atoms with van der Waals surface area (Å²) in [6.45, 7) is 16.3. The monoisotopic (exact) mass is 244 g/mol. The highest BCUT2D eigenvalue weighted by Gasteiger charge is 2.39. The van der Waals surface area contributed by atoms with E-state index in [-0.39, 0.29) is 11.1 Å². The molecule has 0 aliphatic heterocycles. The van der Waals surface area contributed by atoms with Crippen LogP contribution in [0.15, 0.2) is 12.2 Å². The topological polar surface area (TPSA) is 35.5 Å². The van der Waals surface area contributed by atoms with Crippen molar-refractivity contribution in [3.8, 4) is 0 Å². The lowest BCUT2D eigenvalue weighted by Crippen LogP contribution is -2.44. The van der Waals surface area contributed by atoms with Crippen molar-refractivity contribution < 1.29 is 14.0 Å². The van der Waals surface area contributed by atoms with Gasteiger partial charge in [0.15, 0.2) is 8.32 Å². The van der Waals surface area contributed by atoms with Gasteiger partial charge in [-0.25, -0.2) is 4.79 Å². The minimum Gasteiger partial charge on any atom is -0.466 e. The van der Waals surface area contributed by atoms with Crippen LogP contribution in [0.1, 0.15) is 27.7 Å². The van der Waals surface area contributed by atoms with Gasteiger partial charge in [0.2, 0.25) is 0 Å². The van der Waals surface area contributed by atoms with E-state index in [1.54, 1.807) is 0 Å². The molecule has 4 heteroatoms. The number of carbonyl (C=O) groups excluding carboxylic acids is 1. The van der Waals surface area contributed by atoms with Crippen molar-refractivity contribution in [1.82, 2.24) is 0 Å². The Hall–Kier alpha value is -0.613. The fourth-order valence-corrected chi connectivity index (χ4v) is 2.37. The summed E-state index contributed by atoms with van der Waals surface area (Å²) < 4.78 is 10.7. The standard InChI is InChI=1S/C12H24O3Si/c1-9(11(13)14-6)10(2)15-16(7,8)12(3,4)5/h10H,1H2,2-8H3/t10-/m1/s1. The maximum Gasteiger partial charge on any atom is 0.335 e. The zero-order valence-electron chi connectivity index (χ0n) is 11.5. The molecule has 0 saturated carbocycles. The highest BCUT2D eigenvalue weighted by atomic mass is 28.4. The van der Waals surface area contributed by atoms with Crippen molar-refractivity contribution in [1.29, 1.82) is 0 Å². The van der Waals surface area contributed by atoms with E-state index in [0.29, 0.717) is 5.57 Å². The van der Waals surface area contributed by atoms with E-state index in [1.807, 2.05) is 6.92 Å². The fraction of sp³-hybridized carbons (Fsp3) is 0.750. The van der Waals surface area contributed by atoms with Crippen LogP contribution in [-0.2, 0) is 14.0 Å². The van der Waals surface area contributed by atoms with E-state index in [2.05, 4.69) is 45.2 Å². The van der Waals surface area contributed by atoms with Crippen LogP contribution < -0.4 is 0 Å². The van der Waals surface area contributed by atoms with Gasteiger partial charge in [-0.15, -0.1) is 0 Å². The molecule has 0 N–H and O–H groups in total. The van der Waals surface area contributed by atoms with Gasteiger partial charge in [-0.3, -0.25) is 0 Å². The Labute approximate surface area is 100.0 Å². The molecule has 0 aliphatic carbocycles. The zero-order valence-corrected chi connectivity index (χ0v) is 12.5. The predicted molar refractivity (Wildman–Crippen MR) is 68.9 cm³/mol. The Balaban J connectivity index is 4.63. The Morgan fingerprint density at radius 3 is 2.06 bits per heavy atom. The van der Waals surface area contributed by atoms with Crippen LogP contribution in [0, 0.1) is 0 Å². The van der Waals surface area contributed by atoms with Gasteiger partial charge in [0, 0.05) is 0 Å². The Kier molecular flexibility index (Phi) is 4.95. The number of hydrogen-bond donors (Lipinski definition) is 0. The van der Waals surface area contributed by atoms with Crippen LogP contribution in [0.4, 0.5) is 0 Å². The minimum atomic E-state index is -1.86. The third-order valence-electron chi connectivity index (χ3n) is 3.22. The summed E-state index contributed by atoms with van der Waals surface area (Å²) in [6, 6.07) is 0. The molecule has 94 valence electrons. The average Bonchev–Trinajstić information content (AvgIpc) is 2.12. The second-order valence-corrected chi connectivity index (χ2v) is 10.3. The molecule has 0 rings (SSSR count). The van der Waals surface area contributed by atoms with Gasteiger partial charge in [-0.1, -0.05) is 27.4 Å². The summed E-state index contributed by atoms with van der Waals surface area (Å²) in [4.78, 5) is 11.3. The summed E-state index contributed by atoms with van der Waals surface area (Å²) in [5, 5.41) is 0.123. The summed E-state index contributed by atoms with van der Waals surface area (Å²) in [7, 11) is -0.504. The first-order chi connectivity index (χ1) is 7.03. The van der Waals surface area contributed by atoms with Crippen LogP contribution in [0.3, 0.4) is 0 Å². The molecule has 0 aromatic carbocycles. The van der Waals surface area contributed by atoms with Gasteiger partial charge in [-0.2, -0.15) is 0 Å². The first-order valence-electron chi connectivity index (χ1n) is 5.48. The van der Waals surface area contributed by atoms with Crippen molar-refractivity contribution in [2.45, 2.75) is 51.9 Å². The first kappa shape index (κ1) is 15.4. The van der Waals surface area contributed by atoms with Crippen molar-refractivity contribution in [2.75, 3.05) is 7.11 Å². The third kappa shape index (κ3) is 3.76. The molecule has 0 aromatic heterocycles. The van der Waals surface area contributed by atoms with E-state index in [9.17, 15) is 4.79 Å². The molecular weight excluding hydrogens is 220 g/mol. The minimum absolute atomic E-state index is 0.123. The van der Waals surface area contributed by atoms with Gasteiger partial charge in [0.05, 0.1) is 18.8 Å². The van der Waals surface area contributed by atoms with E-state index in [4.69, 9.17) is 4.43 Å². The van der Waals surface area contributed by atoms with Gasteiger partial charge in [0.1, 0.15) is 0 Å². The third-order valence-corrected chi connectivity index (χ3v) is 7.77. The quantitative estimate of drug-likeness (QED) is 0.433. The van der Waals surface area contributed by atoms with Crippen molar-refractivity contribution >= 4 is 14.3 Å². The van der Waals surface area contributed by atoms with E-state index in [0.717, 1.165) is 0 Å². The second kappa shape index (κ2) is 5.14. The molecule has 0 aliphatic rings. The molecule has 0 amide bonds. The maximum atomic E-state index is 11.3. The Morgan fingerprint density at radius 1 is 1.31 bits per heavy atom. The molecule has 16 heavy (non-hydrogen) atoms. The number of rotatable bonds is 4. The number of ether oxygens (including phenoxy) is 1. The van der Waals surface area contributed by atoms with Crippen LogP contribution in [0.2, 0.25) is 18.1 Å². The fourth-order valence-electron chi connectivity index (χ4n) is 0.987. The number of carbonyl (C=O) groups is 1. The molecular formula is C12H24O3Si. The molecule has 0 fully saturated rings. The second-order valence-electron chi connectivity index (χ2n) is 5.54. The molecule has 1 atom stereocenters. The highest BCUT2D eigenvalue weighted by molar-refractivity contribution is 6.74. The molecule has 0 unspecified atom stereocenters. The normalized spacial score (nSPS) is 14.4. The molecule has 3 nitrogen and oxygen atoms in total. The summed E-state index contributed by atoms with van der Waals surface area (Å²) in [5.74, 6) is -0.397. The van der Waals surface area contributed by atoms with Crippen LogP contribution in [0.5, 0.6) is 0 Å². The van der Waals surface area contributed by atoms with Gasteiger partial charge in [-0.05, 0) is 25.1 Å². The van der Waals surface area contributed by atoms with Crippen LogP contribution in [0.25, 0.3) is 0 Å². The maximum absolute atomic E-state index is 11.3. The SMILES string of the molecule is C=C(C(=O)OC)[C@@H](C)O[Si](C)(C)C(C)(C)C. The summed E-state index contributed by atoms with van der Waals surface area (Å²) in [6.07, 6.45) is -0.284.